The monoisotopic (exact) mass is 424 g/mol. The van der Waals surface area contributed by atoms with Crippen LogP contribution in [-0.2, 0) is 25.5 Å². The number of para-hydroxylation sites is 1. The van der Waals surface area contributed by atoms with Crippen molar-refractivity contribution in [2.75, 3.05) is 31.7 Å². The van der Waals surface area contributed by atoms with Crippen LogP contribution in [-0.4, -0.2) is 44.6 Å². The van der Waals surface area contributed by atoms with E-state index in [2.05, 4.69) is 5.32 Å². The third-order valence-corrected chi connectivity index (χ3v) is 5.58. The van der Waals surface area contributed by atoms with E-state index in [1.54, 1.807) is 12.0 Å². The number of aryl methyl sites for hydroxylation is 1. The molecule has 0 saturated carbocycles. The van der Waals surface area contributed by atoms with Gasteiger partial charge in [-0.2, -0.15) is 0 Å². The molecule has 3 rings (SSSR count). The summed E-state index contributed by atoms with van der Waals surface area (Å²) in [6, 6.07) is 13.3. The number of amides is 2. The highest BCUT2D eigenvalue weighted by molar-refractivity contribution is 6.00. The zero-order valence-corrected chi connectivity index (χ0v) is 18.1. The molecule has 2 aromatic rings. The number of nitrogens with zero attached hydrogens (tertiary/aromatic N) is 1. The number of carbonyl (C=O) groups is 3. The Morgan fingerprint density at radius 3 is 2.68 bits per heavy atom. The van der Waals surface area contributed by atoms with E-state index in [9.17, 15) is 14.4 Å². The fourth-order valence-electron chi connectivity index (χ4n) is 3.68. The molecule has 1 saturated heterocycles. The Hall–Kier alpha value is -3.35. The van der Waals surface area contributed by atoms with Gasteiger partial charge in [0.2, 0.25) is 5.91 Å². The van der Waals surface area contributed by atoms with E-state index in [0.717, 1.165) is 28.1 Å². The maximum absolute atomic E-state index is 12.4. The largest absolute Gasteiger partial charge is 0.496 e. The number of methoxy groups -OCH3 is 1. The second-order valence-corrected chi connectivity index (χ2v) is 7.64. The molecule has 7 nitrogen and oxygen atoms in total. The lowest BCUT2D eigenvalue weighted by molar-refractivity contribution is -0.152. The Morgan fingerprint density at radius 1 is 1.13 bits per heavy atom. The molecule has 0 aromatic heterocycles. The van der Waals surface area contributed by atoms with Crippen molar-refractivity contribution in [3.8, 4) is 5.75 Å². The van der Waals surface area contributed by atoms with Gasteiger partial charge >= 0.3 is 5.97 Å². The molecule has 1 N–H and O–H groups in total. The zero-order valence-electron chi connectivity index (χ0n) is 18.1. The summed E-state index contributed by atoms with van der Waals surface area (Å²) >= 11 is 0. The predicted molar refractivity (Wildman–Crippen MR) is 117 cm³/mol. The molecular formula is C24H28N2O5. The molecule has 0 aliphatic carbocycles. The highest BCUT2D eigenvalue weighted by atomic mass is 16.5. The Balaban J connectivity index is 1.46. The van der Waals surface area contributed by atoms with Crippen LogP contribution in [0.5, 0.6) is 5.75 Å². The van der Waals surface area contributed by atoms with Crippen molar-refractivity contribution in [1.82, 2.24) is 5.32 Å². The lowest BCUT2D eigenvalue weighted by atomic mass is 10.1. The topological polar surface area (TPSA) is 84.9 Å². The molecule has 1 atom stereocenters. The van der Waals surface area contributed by atoms with Crippen LogP contribution in [0.4, 0.5) is 5.69 Å². The van der Waals surface area contributed by atoms with Crippen LogP contribution in [0.1, 0.15) is 23.1 Å². The average molecular weight is 424 g/mol. The van der Waals surface area contributed by atoms with Crippen molar-refractivity contribution in [2.45, 2.75) is 26.7 Å². The number of rotatable bonds is 8. The second kappa shape index (κ2) is 10.1. The molecule has 1 fully saturated rings. The summed E-state index contributed by atoms with van der Waals surface area (Å²) in [6.45, 7) is 4.24. The Kier molecular flexibility index (Phi) is 7.28. The van der Waals surface area contributed by atoms with Crippen molar-refractivity contribution in [1.29, 1.82) is 0 Å². The number of carbonyl (C=O) groups excluding carboxylic acids is 3. The van der Waals surface area contributed by atoms with Crippen LogP contribution >= 0.6 is 0 Å². The van der Waals surface area contributed by atoms with Gasteiger partial charge in [0.25, 0.3) is 5.91 Å². The van der Waals surface area contributed by atoms with Gasteiger partial charge in [0.1, 0.15) is 5.75 Å². The predicted octanol–water partition coefficient (Wildman–Crippen LogP) is 2.57. The van der Waals surface area contributed by atoms with Gasteiger partial charge in [0, 0.05) is 25.2 Å². The minimum atomic E-state index is -0.575. The van der Waals surface area contributed by atoms with Gasteiger partial charge < -0.3 is 19.7 Å². The van der Waals surface area contributed by atoms with Gasteiger partial charge in [-0.1, -0.05) is 30.3 Å². The molecule has 1 aliphatic heterocycles. The molecule has 1 aliphatic rings. The summed E-state index contributed by atoms with van der Waals surface area (Å²) in [5.41, 5.74) is 3.90. The van der Waals surface area contributed by atoms with E-state index >= 15 is 0 Å². The van der Waals surface area contributed by atoms with Crippen molar-refractivity contribution in [3.05, 3.63) is 59.2 Å². The van der Waals surface area contributed by atoms with Crippen molar-refractivity contribution >= 4 is 23.5 Å². The zero-order chi connectivity index (χ0) is 22.4. The third-order valence-electron chi connectivity index (χ3n) is 5.58. The van der Waals surface area contributed by atoms with E-state index in [4.69, 9.17) is 9.47 Å². The number of esters is 1. The highest BCUT2D eigenvalue weighted by Gasteiger charge is 2.37. The van der Waals surface area contributed by atoms with Crippen LogP contribution in [0.15, 0.2) is 42.5 Å². The normalized spacial score (nSPS) is 15.6. The van der Waals surface area contributed by atoms with Gasteiger partial charge in [-0.3, -0.25) is 14.4 Å². The molecule has 0 bridgehead atoms. The lowest BCUT2D eigenvalue weighted by Crippen LogP contribution is -2.32. The van der Waals surface area contributed by atoms with Crippen molar-refractivity contribution in [2.24, 2.45) is 5.92 Å². The van der Waals surface area contributed by atoms with Crippen LogP contribution in [0.2, 0.25) is 0 Å². The fourth-order valence-corrected chi connectivity index (χ4v) is 3.68. The van der Waals surface area contributed by atoms with Crippen LogP contribution in [0.3, 0.4) is 0 Å². The van der Waals surface area contributed by atoms with E-state index in [1.807, 2.05) is 56.3 Å². The number of hydrogen-bond acceptors (Lipinski definition) is 5. The van der Waals surface area contributed by atoms with Gasteiger partial charge in [-0.25, -0.2) is 0 Å². The van der Waals surface area contributed by atoms with E-state index in [-0.39, 0.29) is 31.4 Å². The Bertz CT molecular complexity index is 972. The Labute approximate surface area is 182 Å². The van der Waals surface area contributed by atoms with Crippen LogP contribution < -0.4 is 15.0 Å². The fraction of sp³-hybridized carbons (Fsp3) is 0.375. The first kappa shape index (κ1) is 22.3. The van der Waals surface area contributed by atoms with Crippen molar-refractivity contribution in [3.63, 3.8) is 0 Å². The molecule has 7 heteroatoms. The highest BCUT2D eigenvalue weighted by Crippen LogP contribution is 2.29. The molecule has 1 heterocycles. The van der Waals surface area contributed by atoms with Gasteiger partial charge in [-0.05, 0) is 49.1 Å². The Morgan fingerprint density at radius 2 is 1.90 bits per heavy atom. The number of nitrogens with one attached hydrogen (secondary N) is 1. The first-order valence-electron chi connectivity index (χ1n) is 10.3. The third kappa shape index (κ3) is 5.42. The lowest BCUT2D eigenvalue weighted by Gasteiger charge is -2.20. The minimum Gasteiger partial charge on any atom is -0.496 e. The number of ether oxygens (including phenoxy) is 2. The molecule has 2 aromatic carbocycles. The molecule has 31 heavy (non-hydrogen) atoms. The van der Waals surface area contributed by atoms with Crippen LogP contribution in [0.25, 0.3) is 0 Å². The van der Waals surface area contributed by atoms with Gasteiger partial charge in [-0.15, -0.1) is 0 Å². The van der Waals surface area contributed by atoms with Crippen molar-refractivity contribution < 1.29 is 23.9 Å². The standard InChI is InChI=1S/C24H28N2O5/c1-16-7-6-9-20(17(16)2)26-14-19(13-23(26)28)24(29)31-15-22(27)25-12-11-18-8-4-5-10-21(18)30-3/h4-10,19H,11-15H2,1-3H3,(H,25,27)/t19-/m1/s1. The SMILES string of the molecule is COc1ccccc1CCNC(=O)COC(=O)[C@@H]1CC(=O)N(c2cccc(C)c2C)C1. The summed E-state index contributed by atoms with van der Waals surface area (Å²) in [6.07, 6.45) is 0.688. The molecular weight excluding hydrogens is 396 g/mol. The number of benzene rings is 2. The first-order chi connectivity index (χ1) is 14.9. The average Bonchev–Trinajstić information content (AvgIpc) is 3.15. The molecule has 2 amide bonds. The van der Waals surface area contributed by atoms with Gasteiger partial charge in [0.05, 0.1) is 13.0 Å². The molecule has 164 valence electrons. The van der Waals surface area contributed by atoms with E-state index in [0.29, 0.717) is 13.0 Å². The summed E-state index contributed by atoms with van der Waals surface area (Å²) in [5.74, 6) is -0.826. The molecule has 0 radical (unpaired) electrons. The number of hydrogen-bond donors (Lipinski definition) is 1. The second-order valence-electron chi connectivity index (χ2n) is 7.64. The quantitative estimate of drug-likeness (QED) is 0.659. The van der Waals surface area contributed by atoms with E-state index in [1.165, 1.54) is 0 Å². The maximum Gasteiger partial charge on any atom is 0.311 e. The molecule has 0 spiro atoms. The maximum atomic E-state index is 12.4. The minimum absolute atomic E-state index is 0.0850. The summed E-state index contributed by atoms with van der Waals surface area (Å²) in [7, 11) is 1.60. The summed E-state index contributed by atoms with van der Waals surface area (Å²) in [4.78, 5) is 38.5. The van der Waals surface area contributed by atoms with Crippen LogP contribution in [0, 0.1) is 19.8 Å². The first-order valence-corrected chi connectivity index (χ1v) is 10.3. The van der Waals surface area contributed by atoms with E-state index < -0.39 is 11.9 Å². The van der Waals surface area contributed by atoms with Gasteiger partial charge in [0.15, 0.2) is 6.61 Å². The smallest absolute Gasteiger partial charge is 0.311 e. The molecule has 0 unspecified atom stereocenters. The summed E-state index contributed by atoms with van der Waals surface area (Å²) in [5, 5.41) is 2.74. The summed E-state index contributed by atoms with van der Waals surface area (Å²) < 4.78 is 10.5. The number of anilines is 1.